The van der Waals surface area contributed by atoms with Gasteiger partial charge in [-0.1, -0.05) is 33.1 Å². The third-order valence-electron chi connectivity index (χ3n) is 4.45. The summed E-state index contributed by atoms with van der Waals surface area (Å²) in [5, 5.41) is 33.4. The van der Waals surface area contributed by atoms with Crippen molar-refractivity contribution >= 4 is 0 Å². The standard InChI is InChI=1S/C16H31NO5/c1-10(2)8-17-9-12-13(18)14(19)15(20)16(22-12)21-11-6-4-3-5-7-11/h10-20H,3-9H2,1-2H3/t12-,13-,14+,15-,16+/m1/s1. The summed E-state index contributed by atoms with van der Waals surface area (Å²) in [7, 11) is 0. The maximum Gasteiger partial charge on any atom is 0.186 e. The Morgan fingerprint density at radius 1 is 1.05 bits per heavy atom. The van der Waals surface area contributed by atoms with E-state index in [-0.39, 0.29) is 6.10 Å². The number of nitrogens with one attached hydrogen (secondary N) is 1. The van der Waals surface area contributed by atoms with Gasteiger partial charge in [-0.2, -0.15) is 0 Å². The first kappa shape index (κ1) is 18.1. The Balaban J connectivity index is 1.88. The second-order valence-electron chi connectivity index (χ2n) is 6.96. The zero-order valence-corrected chi connectivity index (χ0v) is 13.6. The van der Waals surface area contributed by atoms with Crippen LogP contribution in [-0.4, -0.2) is 65.2 Å². The van der Waals surface area contributed by atoms with Crippen LogP contribution in [0.1, 0.15) is 46.0 Å². The third-order valence-corrected chi connectivity index (χ3v) is 4.45. The maximum atomic E-state index is 10.1. The van der Waals surface area contributed by atoms with Crippen LogP contribution in [0.25, 0.3) is 0 Å². The predicted octanol–water partition coefficient (Wildman–Crippen LogP) is 0.389. The lowest BCUT2D eigenvalue weighted by Gasteiger charge is -2.42. The molecule has 0 aromatic rings. The van der Waals surface area contributed by atoms with Crippen molar-refractivity contribution < 1.29 is 24.8 Å². The van der Waals surface area contributed by atoms with E-state index in [0.29, 0.717) is 12.5 Å². The summed E-state index contributed by atoms with van der Waals surface area (Å²) in [6.07, 6.45) is 0.446. The lowest BCUT2D eigenvalue weighted by Crippen LogP contribution is -2.61. The zero-order chi connectivity index (χ0) is 16.1. The minimum absolute atomic E-state index is 0.0696. The number of aliphatic hydroxyl groups is 3. The van der Waals surface area contributed by atoms with Crippen LogP contribution in [-0.2, 0) is 9.47 Å². The molecule has 0 amide bonds. The number of ether oxygens (including phenoxy) is 2. The molecule has 0 radical (unpaired) electrons. The van der Waals surface area contributed by atoms with E-state index >= 15 is 0 Å². The molecule has 0 aromatic heterocycles. The van der Waals surface area contributed by atoms with E-state index in [1.54, 1.807) is 0 Å². The Bertz CT molecular complexity index is 322. The van der Waals surface area contributed by atoms with Crippen molar-refractivity contribution in [3.8, 4) is 0 Å². The summed E-state index contributed by atoms with van der Waals surface area (Å²) in [5.74, 6) is 0.491. The highest BCUT2D eigenvalue weighted by atomic mass is 16.7. The first-order chi connectivity index (χ1) is 10.5. The largest absolute Gasteiger partial charge is 0.388 e. The Hall–Kier alpha value is -0.240. The molecule has 6 nitrogen and oxygen atoms in total. The van der Waals surface area contributed by atoms with Crippen molar-refractivity contribution in [1.82, 2.24) is 5.32 Å². The van der Waals surface area contributed by atoms with Gasteiger partial charge >= 0.3 is 0 Å². The number of aliphatic hydroxyl groups excluding tert-OH is 3. The van der Waals surface area contributed by atoms with E-state index < -0.39 is 30.7 Å². The van der Waals surface area contributed by atoms with Gasteiger partial charge in [0.15, 0.2) is 6.29 Å². The molecule has 1 saturated heterocycles. The molecular formula is C16H31NO5. The fourth-order valence-electron chi connectivity index (χ4n) is 3.10. The van der Waals surface area contributed by atoms with Crippen LogP contribution in [0.15, 0.2) is 0 Å². The lowest BCUT2D eigenvalue weighted by atomic mass is 9.96. The van der Waals surface area contributed by atoms with Gasteiger partial charge in [0.1, 0.15) is 24.4 Å². The molecule has 1 aliphatic carbocycles. The van der Waals surface area contributed by atoms with Crippen molar-refractivity contribution in [3.63, 3.8) is 0 Å². The van der Waals surface area contributed by atoms with Crippen LogP contribution in [0.2, 0.25) is 0 Å². The fourth-order valence-corrected chi connectivity index (χ4v) is 3.10. The van der Waals surface area contributed by atoms with Gasteiger partial charge in [0, 0.05) is 6.54 Å². The molecule has 2 rings (SSSR count). The lowest BCUT2D eigenvalue weighted by molar-refractivity contribution is -0.307. The van der Waals surface area contributed by atoms with Gasteiger partial charge in [0.2, 0.25) is 0 Å². The van der Waals surface area contributed by atoms with E-state index in [2.05, 4.69) is 19.2 Å². The average molecular weight is 317 g/mol. The Labute approximate surface area is 132 Å². The smallest absolute Gasteiger partial charge is 0.186 e. The number of rotatable bonds is 6. The summed E-state index contributed by atoms with van der Waals surface area (Å²) < 4.78 is 11.6. The Morgan fingerprint density at radius 2 is 1.73 bits per heavy atom. The van der Waals surface area contributed by atoms with Gasteiger partial charge in [0.25, 0.3) is 0 Å². The van der Waals surface area contributed by atoms with Crippen LogP contribution in [0.3, 0.4) is 0 Å². The van der Waals surface area contributed by atoms with Crippen molar-refractivity contribution in [1.29, 1.82) is 0 Å². The molecule has 130 valence electrons. The molecule has 4 N–H and O–H groups in total. The van der Waals surface area contributed by atoms with Crippen LogP contribution in [0, 0.1) is 5.92 Å². The van der Waals surface area contributed by atoms with Crippen molar-refractivity contribution in [2.45, 2.75) is 82.8 Å². The summed E-state index contributed by atoms with van der Waals surface area (Å²) >= 11 is 0. The van der Waals surface area contributed by atoms with Crippen molar-refractivity contribution in [2.75, 3.05) is 13.1 Å². The molecule has 2 aliphatic rings. The van der Waals surface area contributed by atoms with Crippen LogP contribution in [0.5, 0.6) is 0 Å². The van der Waals surface area contributed by atoms with Gasteiger partial charge < -0.3 is 30.1 Å². The minimum Gasteiger partial charge on any atom is -0.388 e. The van der Waals surface area contributed by atoms with Crippen LogP contribution < -0.4 is 5.32 Å². The van der Waals surface area contributed by atoms with Gasteiger partial charge in [-0.3, -0.25) is 0 Å². The summed E-state index contributed by atoms with van der Waals surface area (Å²) in [4.78, 5) is 0. The summed E-state index contributed by atoms with van der Waals surface area (Å²) in [6, 6.07) is 0. The van der Waals surface area contributed by atoms with E-state index in [1.165, 1.54) is 6.42 Å². The molecule has 0 unspecified atom stereocenters. The van der Waals surface area contributed by atoms with E-state index in [4.69, 9.17) is 9.47 Å². The first-order valence-corrected chi connectivity index (χ1v) is 8.55. The fraction of sp³-hybridized carbons (Fsp3) is 1.00. The van der Waals surface area contributed by atoms with Gasteiger partial charge in [-0.05, 0) is 25.3 Å². The number of hydrogen-bond acceptors (Lipinski definition) is 6. The normalized spacial score (nSPS) is 37.6. The highest BCUT2D eigenvalue weighted by molar-refractivity contribution is 4.90. The zero-order valence-electron chi connectivity index (χ0n) is 13.6. The maximum absolute atomic E-state index is 10.1. The summed E-state index contributed by atoms with van der Waals surface area (Å²) in [6.45, 7) is 5.42. The second kappa shape index (κ2) is 8.57. The van der Waals surface area contributed by atoms with Crippen LogP contribution >= 0.6 is 0 Å². The molecule has 22 heavy (non-hydrogen) atoms. The quantitative estimate of drug-likeness (QED) is 0.566. The molecule has 1 heterocycles. The van der Waals surface area contributed by atoms with E-state index in [0.717, 1.165) is 32.2 Å². The number of hydrogen-bond donors (Lipinski definition) is 4. The highest BCUT2D eigenvalue weighted by Crippen LogP contribution is 2.27. The van der Waals surface area contributed by atoms with E-state index in [9.17, 15) is 15.3 Å². The monoisotopic (exact) mass is 317 g/mol. The molecule has 0 spiro atoms. The van der Waals surface area contributed by atoms with E-state index in [1.807, 2.05) is 0 Å². The average Bonchev–Trinajstić information content (AvgIpc) is 2.50. The molecule has 0 bridgehead atoms. The second-order valence-corrected chi connectivity index (χ2v) is 6.96. The molecule has 0 aromatic carbocycles. The first-order valence-electron chi connectivity index (χ1n) is 8.55. The third kappa shape index (κ3) is 4.88. The molecule has 1 saturated carbocycles. The molecule has 2 fully saturated rings. The van der Waals surface area contributed by atoms with Crippen molar-refractivity contribution in [3.05, 3.63) is 0 Å². The van der Waals surface area contributed by atoms with Gasteiger partial charge in [0.05, 0.1) is 6.10 Å². The Kier molecular flexibility index (Phi) is 7.05. The molecule has 1 aliphatic heterocycles. The molecular weight excluding hydrogens is 286 g/mol. The Morgan fingerprint density at radius 3 is 2.36 bits per heavy atom. The predicted molar refractivity (Wildman–Crippen MR) is 82.3 cm³/mol. The topological polar surface area (TPSA) is 91.2 Å². The minimum atomic E-state index is -1.24. The van der Waals surface area contributed by atoms with Gasteiger partial charge in [-0.25, -0.2) is 0 Å². The van der Waals surface area contributed by atoms with Crippen LogP contribution in [0.4, 0.5) is 0 Å². The van der Waals surface area contributed by atoms with Gasteiger partial charge in [-0.15, -0.1) is 0 Å². The highest BCUT2D eigenvalue weighted by Gasteiger charge is 2.44. The molecule has 5 atom stereocenters. The summed E-state index contributed by atoms with van der Waals surface area (Å²) in [5.41, 5.74) is 0. The SMILES string of the molecule is CC(C)CNC[C@H]1O[C@H](OC2CCCCC2)[C@H](O)[C@@H](O)[C@@H]1O. The molecule has 6 heteroatoms. The van der Waals surface area contributed by atoms with Crippen molar-refractivity contribution in [2.24, 2.45) is 5.92 Å².